The molecule has 0 saturated carbocycles. The molecule has 0 bridgehead atoms. The van der Waals surface area contributed by atoms with Crippen molar-refractivity contribution in [3.63, 3.8) is 0 Å². The van der Waals surface area contributed by atoms with E-state index in [0.29, 0.717) is 28.4 Å². The molecule has 0 aliphatic heterocycles. The van der Waals surface area contributed by atoms with Crippen LogP contribution in [0.25, 0.3) is 0 Å². The van der Waals surface area contributed by atoms with Crippen LogP contribution in [-0.2, 0) is 16.0 Å². The van der Waals surface area contributed by atoms with E-state index < -0.39 is 5.82 Å². The van der Waals surface area contributed by atoms with Crippen LogP contribution in [0.15, 0.2) is 36.4 Å². The number of benzene rings is 2. The molecule has 0 aliphatic rings. The second kappa shape index (κ2) is 9.94. The fourth-order valence-corrected chi connectivity index (χ4v) is 2.75. The van der Waals surface area contributed by atoms with Gasteiger partial charge in [0.05, 0.1) is 26.5 Å². The normalized spacial score (nSPS) is 10.3. The van der Waals surface area contributed by atoms with Crippen LogP contribution in [0, 0.1) is 5.82 Å². The van der Waals surface area contributed by atoms with E-state index in [9.17, 15) is 14.0 Å². The summed E-state index contributed by atoms with van der Waals surface area (Å²) in [5.74, 6) is -0.472. The number of ether oxygens (including phenoxy) is 2. The van der Waals surface area contributed by atoms with Crippen molar-refractivity contribution in [3.8, 4) is 11.5 Å². The highest BCUT2D eigenvalue weighted by atomic mass is 35.5. The van der Waals surface area contributed by atoms with Crippen LogP contribution >= 0.6 is 11.6 Å². The third-order valence-electron chi connectivity index (χ3n) is 4.09. The number of hydrogen-bond donors (Lipinski definition) is 1. The standard InChI is InChI=1S/C20H22ClFN2O4/c1-24(12-19(25)23-16-11-14(21)6-8-18(16)28-3)20(26)9-5-13-4-7-17(27-2)15(22)10-13/h4,6-8,10-11H,5,9,12H2,1-3H3,(H,23,25). The molecule has 2 amide bonds. The van der Waals surface area contributed by atoms with Crippen molar-refractivity contribution >= 4 is 29.1 Å². The first-order valence-electron chi connectivity index (χ1n) is 8.53. The van der Waals surface area contributed by atoms with Gasteiger partial charge < -0.3 is 19.7 Å². The molecule has 0 aromatic heterocycles. The molecule has 8 heteroatoms. The van der Waals surface area contributed by atoms with Gasteiger partial charge in [-0.05, 0) is 42.3 Å². The summed E-state index contributed by atoms with van der Waals surface area (Å²) in [5, 5.41) is 3.13. The largest absolute Gasteiger partial charge is 0.495 e. The number of carbonyl (C=O) groups is 2. The molecule has 0 spiro atoms. The average molecular weight is 409 g/mol. The summed E-state index contributed by atoms with van der Waals surface area (Å²) in [4.78, 5) is 25.8. The van der Waals surface area contributed by atoms with E-state index in [2.05, 4.69) is 5.32 Å². The van der Waals surface area contributed by atoms with Crippen LogP contribution in [0.3, 0.4) is 0 Å². The van der Waals surface area contributed by atoms with Gasteiger partial charge >= 0.3 is 0 Å². The Balaban J connectivity index is 1.89. The molecule has 150 valence electrons. The average Bonchev–Trinajstić information content (AvgIpc) is 2.66. The maximum absolute atomic E-state index is 13.7. The fraction of sp³-hybridized carbons (Fsp3) is 0.300. The zero-order valence-corrected chi connectivity index (χ0v) is 16.7. The second-order valence-electron chi connectivity index (χ2n) is 6.11. The minimum absolute atomic E-state index is 0.133. The monoisotopic (exact) mass is 408 g/mol. The molecule has 2 aromatic carbocycles. The first-order chi connectivity index (χ1) is 13.3. The first kappa shape index (κ1) is 21.5. The van der Waals surface area contributed by atoms with E-state index in [1.54, 1.807) is 24.3 Å². The van der Waals surface area contributed by atoms with Gasteiger partial charge in [0.1, 0.15) is 5.75 Å². The van der Waals surface area contributed by atoms with E-state index in [1.807, 2.05) is 0 Å². The predicted molar refractivity (Wildman–Crippen MR) is 106 cm³/mol. The Morgan fingerprint density at radius 2 is 1.79 bits per heavy atom. The molecule has 28 heavy (non-hydrogen) atoms. The van der Waals surface area contributed by atoms with E-state index in [0.717, 1.165) is 0 Å². The zero-order valence-electron chi connectivity index (χ0n) is 15.9. The van der Waals surface area contributed by atoms with Crippen LogP contribution in [0.4, 0.5) is 10.1 Å². The Morgan fingerprint density at radius 3 is 2.43 bits per heavy atom. The van der Waals surface area contributed by atoms with Gasteiger partial charge in [-0.25, -0.2) is 4.39 Å². The van der Waals surface area contributed by atoms with Crippen molar-refractivity contribution in [1.29, 1.82) is 0 Å². The highest BCUT2D eigenvalue weighted by Crippen LogP contribution is 2.27. The van der Waals surface area contributed by atoms with Crippen LogP contribution in [0.2, 0.25) is 5.02 Å². The molecule has 0 atom stereocenters. The third kappa shape index (κ3) is 5.85. The number of likely N-dealkylation sites (N-methyl/N-ethyl adjacent to an activating group) is 1. The van der Waals surface area contributed by atoms with Crippen LogP contribution in [0.1, 0.15) is 12.0 Å². The lowest BCUT2D eigenvalue weighted by atomic mass is 10.1. The van der Waals surface area contributed by atoms with E-state index in [-0.39, 0.29) is 30.5 Å². The number of methoxy groups -OCH3 is 2. The van der Waals surface area contributed by atoms with E-state index in [4.69, 9.17) is 21.1 Å². The molecule has 1 N–H and O–H groups in total. The first-order valence-corrected chi connectivity index (χ1v) is 8.91. The summed E-state index contributed by atoms with van der Waals surface area (Å²) in [7, 11) is 4.41. The lowest BCUT2D eigenvalue weighted by Gasteiger charge is -2.18. The lowest BCUT2D eigenvalue weighted by molar-refractivity contribution is -0.133. The summed E-state index contributed by atoms with van der Waals surface area (Å²) in [5.41, 5.74) is 1.10. The summed E-state index contributed by atoms with van der Waals surface area (Å²) in [6.45, 7) is -0.133. The molecular formula is C20H22ClFN2O4. The van der Waals surface area contributed by atoms with Gasteiger partial charge in [0.2, 0.25) is 11.8 Å². The number of halogens is 2. The fourth-order valence-electron chi connectivity index (χ4n) is 2.58. The quantitative estimate of drug-likeness (QED) is 0.725. The van der Waals surface area contributed by atoms with Crippen molar-refractivity contribution in [2.24, 2.45) is 0 Å². The predicted octanol–water partition coefficient (Wildman–Crippen LogP) is 3.53. The van der Waals surface area contributed by atoms with Crippen molar-refractivity contribution in [2.45, 2.75) is 12.8 Å². The highest BCUT2D eigenvalue weighted by Gasteiger charge is 2.15. The van der Waals surface area contributed by atoms with Gasteiger partial charge in [0.15, 0.2) is 11.6 Å². The van der Waals surface area contributed by atoms with Gasteiger partial charge in [-0.1, -0.05) is 17.7 Å². The molecule has 0 radical (unpaired) electrons. The maximum atomic E-state index is 13.7. The van der Waals surface area contributed by atoms with Gasteiger partial charge in [0, 0.05) is 18.5 Å². The minimum atomic E-state index is -0.476. The number of hydrogen-bond acceptors (Lipinski definition) is 4. The Bertz CT molecular complexity index is 860. The van der Waals surface area contributed by atoms with Gasteiger partial charge in [-0.15, -0.1) is 0 Å². The molecule has 2 aromatic rings. The molecule has 0 saturated heterocycles. The minimum Gasteiger partial charge on any atom is -0.495 e. The molecule has 0 aliphatic carbocycles. The van der Waals surface area contributed by atoms with Crippen molar-refractivity contribution in [2.75, 3.05) is 33.1 Å². The number of anilines is 1. The molecule has 0 unspecified atom stereocenters. The second-order valence-corrected chi connectivity index (χ2v) is 6.55. The topological polar surface area (TPSA) is 67.9 Å². The molecular weight excluding hydrogens is 387 g/mol. The highest BCUT2D eigenvalue weighted by molar-refractivity contribution is 6.31. The maximum Gasteiger partial charge on any atom is 0.244 e. The third-order valence-corrected chi connectivity index (χ3v) is 4.32. The number of amides is 2. The molecule has 0 heterocycles. The van der Waals surface area contributed by atoms with Gasteiger partial charge in [0.25, 0.3) is 0 Å². The van der Waals surface area contributed by atoms with E-state index in [1.165, 1.54) is 38.3 Å². The number of nitrogens with one attached hydrogen (secondary N) is 1. The number of aryl methyl sites for hydroxylation is 1. The number of nitrogens with zero attached hydrogens (tertiary/aromatic N) is 1. The van der Waals surface area contributed by atoms with Gasteiger partial charge in [-0.2, -0.15) is 0 Å². The summed E-state index contributed by atoms with van der Waals surface area (Å²) >= 11 is 5.94. The van der Waals surface area contributed by atoms with Crippen LogP contribution in [-0.4, -0.2) is 44.5 Å². The summed E-state index contributed by atoms with van der Waals surface area (Å²) < 4.78 is 23.8. The van der Waals surface area contributed by atoms with Crippen LogP contribution in [0.5, 0.6) is 11.5 Å². The molecule has 2 rings (SSSR count). The zero-order chi connectivity index (χ0) is 20.7. The summed E-state index contributed by atoms with van der Waals surface area (Å²) in [6.07, 6.45) is 0.504. The van der Waals surface area contributed by atoms with Crippen molar-refractivity contribution in [3.05, 3.63) is 52.8 Å². The van der Waals surface area contributed by atoms with Crippen molar-refractivity contribution < 1.29 is 23.5 Å². The number of carbonyl (C=O) groups excluding carboxylic acids is 2. The SMILES string of the molecule is COc1ccc(CCC(=O)N(C)CC(=O)Nc2cc(Cl)ccc2OC)cc1F. The molecule has 6 nitrogen and oxygen atoms in total. The Hall–Kier alpha value is -2.80. The number of rotatable bonds is 8. The van der Waals surface area contributed by atoms with E-state index >= 15 is 0 Å². The smallest absolute Gasteiger partial charge is 0.244 e. The van der Waals surface area contributed by atoms with Gasteiger partial charge in [-0.3, -0.25) is 9.59 Å². The summed E-state index contributed by atoms with van der Waals surface area (Å²) in [6, 6.07) is 9.41. The Labute approximate surface area is 168 Å². The Kier molecular flexibility index (Phi) is 7.63. The van der Waals surface area contributed by atoms with Crippen LogP contribution < -0.4 is 14.8 Å². The van der Waals surface area contributed by atoms with Crippen molar-refractivity contribution in [1.82, 2.24) is 4.90 Å². The lowest BCUT2D eigenvalue weighted by Crippen LogP contribution is -2.35. The molecule has 0 fully saturated rings. The Morgan fingerprint density at radius 1 is 1.11 bits per heavy atom.